The van der Waals surface area contributed by atoms with Gasteiger partial charge in [-0.25, -0.2) is 0 Å². The van der Waals surface area contributed by atoms with Gasteiger partial charge in [-0.1, -0.05) is 12.1 Å². The molecule has 0 spiro atoms. The molecule has 1 saturated heterocycles. The van der Waals surface area contributed by atoms with Crippen molar-refractivity contribution in [2.24, 2.45) is 0 Å². The zero-order valence-electron chi connectivity index (χ0n) is 10.3. The van der Waals surface area contributed by atoms with Gasteiger partial charge in [-0.3, -0.25) is 4.90 Å². The SMILES string of the molecule is COc1cc(C)ccc1C1CNCCN1C. The van der Waals surface area contributed by atoms with Gasteiger partial charge in [0.1, 0.15) is 5.75 Å². The summed E-state index contributed by atoms with van der Waals surface area (Å²) in [4.78, 5) is 2.38. The number of benzene rings is 1. The number of nitrogens with zero attached hydrogens (tertiary/aromatic N) is 1. The summed E-state index contributed by atoms with van der Waals surface area (Å²) in [6, 6.07) is 6.87. The highest BCUT2D eigenvalue weighted by molar-refractivity contribution is 5.39. The Hall–Kier alpha value is -1.06. The van der Waals surface area contributed by atoms with Gasteiger partial charge >= 0.3 is 0 Å². The number of rotatable bonds is 2. The highest BCUT2D eigenvalue weighted by atomic mass is 16.5. The van der Waals surface area contributed by atoms with Crippen LogP contribution in [0.4, 0.5) is 0 Å². The Morgan fingerprint density at radius 2 is 2.25 bits per heavy atom. The van der Waals surface area contributed by atoms with Crippen molar-refractivity contribution in [1.29, 1.82) is 0 Å². The van der Waals surface area contributed by atoms with Crippen molar-refractivity contribution in [3.63, 3.8) is 0 Å². The van der Waals surface area contributed by atoms with Crippen LogP contribution in [0.3, 0.4) is 0 Å². The van der Waals surface area contributed by atoms with E-state index in [-0.39, 0.29) is 0 Å². The molecule has 0 bridgehead atoms. The molecule has 1 N–H and O–H groups in total. The summed E-state index contributed by atoms with van der Waals surface area (Å²) in [7, 11) is 3.92. The van der Waals surface area contributed by atoms with Crippen molar-refractivity contribution in [1.82, 2.24) is 10.2 Å². The molecule has 3 heteroatoms. The lowest BCUT2D eigenvalue weighted by atomic mass is 10.0. The highest BCUT2D eigenvalue weighted by Gasteiger charge is 2.23. The predicted octanol–water partition coefficient (Wildman–Crippen LogP) is 1.58. The topological polar surface area (TPSA) is 24.5 Å². The Balaban J connectivity index is 2.30. The van der Waals surface area contributed by atoms with E-state index in [0.717, 1.165) is 25.4 Å². The van der Waals surface area contributed by atoms with Crippen LogP contribution < -0.4 is 10.1 Å². The maximum absolute atomic E-state index is 5.47. The first kappa shape index (κ1) is 11.4. The summed E-state index contributed by atoms with van der Waals surface area (Å²) in [6.07, 6.45) is 0. The number of likely N-dealkylation sites (N-methyl/N-ethyl adjacent to an activating group) is 1. The van der Waals surface area contributed by atoms with Crippen LogP contribution in [-0.4, -0.2) is 38.7 Å². The summed E-state index contributed by atoms with van der Waals surface area (Å²) in [5.74, 6) is 1.00. The number of piperazine rings is 1. The summed E-state index contributed by atoms with van der Waals surface area (Å²) in [5.41, 5.74) is 2.52. The molecule has 1 atom stereocenters. The Morgan fingerprint density at radius 3 is 2.94 bits per heavy atom. The molecule has 1 aromatic rings. The van der Waals surface area contributed by atoms with E-state index in [1.165, 1.54) is 11.1 Å². The van der Waals surface area contributed by atoms with Crippen molar-refractivity contribution in [3.8, 4) is 5.75 Å². The molecule has 3 nitrogen and oxygen atoms in total. The smallest absolute Gasteiger partial charge is 0.123 e. The van der Waals surface area contributed by atoms with Crippen LogP contribution in [0.15, 0.2) is 18.2 Å². The van der Waals surface area contributed by atoms with Gasteiger partial charge in [0.2, 0.25) is 0 Å². The first-order chi connectivity index (χ1) is 7.72. The Labute approximate surface area is 97.4 Å². The van der Waals surface area contributed by atoms with E-state index < -0.39 is 0 Å². The molecule has 0 radical (unpaired) electrons. The van der Waals surface area contributed by atoms with Crippen LogP contribution in [0, 0.1) is 6.92 Å². The largest absolute Gasteiger partial charge is 0.496 e. The van der Waals surface area contributed by atoms with E-state index in [0.29, 0.717) is 6.04 Å². The molecular weight excluding hydrogens is 200 g/mol. The number of ether oxygens (including phenoxy) is 1. The molecule has 0 aliphatic carbocycles. The standard InChI is InChI=1S/C13H20N2O/c1-10-4-5-11(13(8-10)16-3)12-9-14-6-7-15(12)2/h4-5,8,12,14H,6-7,9H2,1-3H3. The third-order valence-electron chi connectivity index (χ3n) is 3.26. The minimum Gasteiger partial charge on any atom is -0.496 e. The third kappa shape index (κ3) is 2.20. The zero-order chi connectivity index (χ0) is 11.5. The second-order valence-corrected chi connectivity index (χ2v) is 4.45. The highest BCUT2D eigenvalue weighted by Crippen LogP contribution is 2.30. The predicted molar refractivity (Wildman–Crippen MR) is 66.0 cm³/mol. The quantitative estimate of drug-likeness (QED) is 0.819. The molecule has 16 heavy (non-hydrogen) atoms. The summed E-state index contributed by atoms with van der Waals surface area (Å²) in [6.45, 7) is 5.24. The van der Waals surface area contributed by atoms with Gasteiger partial charge in [0.15, 0.2) is 0 Å². The van der Waals surface area contributed by atoms with Crippen molar-refractivity contribution < 1.29 is 4.74 Å². The van der Waals surface area contributed by atoms with E-state index in [1.807, 2.05) is 0 Å². The molecule has 0 amide bonds. The van der Waals surface area contributed by atoms with Gasteiger partial charge in [0.25, 0.3) is 0 Å². The van der Waals surface area contributed by atoms with Crippen LogP contribution in [-0.2, 0) is 0 Å². The minimum atomic E-state index is 0.421. The van der Waals surface area contributed by atoms with E-state index in [4.69, 9.17) is 4.74 Å². The first-order valence-corrected chi connectivity index (χ1v) is 5.78. The molecule has 2 rings (SSSR count). The minimum absolute atomic E-state index is 0.421. The van der Waals surface area contributed by atoms with E-state index in [1.54, 1.807) is 7.11 Å². The van der Waals surface area contributed by atoms with Crippen LogP contribution in [0.5, 0.6) is 5.75 Å². The zero-order valence-corrected chi connectivity index (χ0v) is 10.3. The average Bonchev–Trinajstić information content (AvgIpc) is 2.30. The van der Waals surface area contributed by atoms with E-state index in [2.05, 4.69) is 42.4 Å². The Bertz CT molecular complexity index is 365. The fraction of sp³-hybridized carbons (Fsp3) is 0.538. The Kier molecular flexibility index (Phi) is 3.46. The van der Waals surface area contributed by atoms with Crippen LogP contribution >= 0.6 is 0 Å². The van der Waals surface area contributed by atoms with Crippen LogP contribution in [0.25, 0.3) is 0 Å². The fourth-order valence-corrected chi connectivity index (χ4v) is 2.25. The van der Waals surface area contributed by atoms with Crippen molar-refractivity contribution in [3.05, 3.63) is 29.3 Å². The molecule has 1 heterocycles. The maximum atomic E-state index is 5.47. The van der Waals surface area contributed by atoms with Gasteiger partial charge in [-0.2, -0.15) is 0 Å². The van der Waals surface area contributed by atoms with Crippen LogP contribution in [0.2, 0.25) is 0 Å². The lowest BCUT2D eigenvalue weighted by molar-refractivity contribution is 0.198. The second-order valence-electron chi connectivity index (χ2n) is 4.45. The maximum Gasteiger partial charge on any atom is 0.123 e. The van der Waals surface area contributed by atoms with Gasteiger partial charge in [-0.15, -0.1) is 0 Å². The fourth-order valence-electron chi connectivity index (χ4n) is 2.25. The molecule has 1 unspecified atom stereocenters. The van der Waals surface area contributed by atoms with E-state index >= 15 is 0 Å². The summed E-state index contributed by atoms with van der Waals surface area (Å²) in [5, 5.41) is 3.43. The number of methoxy groups -OCH3 is 1. The number of nitrogens with one attached hydrogen (secondary N) is 1. The normalized spacial score (nSPS) is 22.1. The van der Waals surface area contributed by atoms with Gasteiger partial charge in [-0.05, 0) is 25.6 Å². The Morgan fingerprint density at radius 1 is 1.44 bits per heavy atom. The molecule has 1 aliphatic rings. The van der Waals surface area contributed by atoms with Gasteiger partial charge in [0, 0.05) is 25.2 Å². The summed E-state index contributed by atoms with van der Waals surface area (Å²) >= 11 is 0. The lowest BCUT2D eigenvalue weighted by Crippen LogP contribution is -2.43. The third-order valence-corrected chi connectivity index (χ3v) is 3.26. The molecule has 0 aromatic heterocycles. The second kappa shape index (κ2) is 4.85. The molecule has 0 saturated carbocycles. The van der Waals surface area contributed by atoms with Crippen molar-refractivity contribution >= 4 is 0 Å². The average molecular weight is 220 g/mol. The number of hydrogen-bond donors (Lipinski definition) is 1. The van der Waals surface area contributed by atoms with E-state index in [9.17, 15) is 0 Å². The van der Waals surface area contributed by atoms with Crippen molar-refractivity contribution in [2.75, 3.05) is 33.8 Å². The lowest BCUT2D eigenvalue weighted by Gasteiger charge is -2.34. The molecule has 1 aromatic carbocycles. The van der Waals surface area contributed by atoms with Crippen LogP contribution in [0.1, 0.15) is 17.2 Å². The number of aryl methyl sites for hydroxylation is 1. The van der Waals surface area contributed by atoms with Crippen molar-refractivity contribution in [2.45, 2.75) is 13.0 Å². The molecule has 1 aliphatic heterocycles. The van der Waals surface area contributed by atoms with Gasteiger partial charge < -0.3 is 10.1 Å². The van der Waals surface area contributed by atoms with Gasteiger partial charge in [0.05, 0.1) is 13.2 Å². The molecular formula is C13H20N2O. The molecule has 1 fully saturated rings. The summed E-state index contributed by atoms with van der Waals surface area (Å²) < 4.78 is 5.47. The number of hydrogen-bond acceptors (Lipinski definition) is 3. The molecule has 88 valence electrons. The first-order valence-electron chi connectivity index (χ1n) is 5.78. The monoisotopic (exact) mass is 220 g/mol.